The Bertz CT molecular complexity index is 993. The summed E-state index contributed by atoms with van der Waals surface area (Å²) < 4.78 is 4.85. The van der Waals surface area contributed by atoms with Gasteiger partial charge in [0.15, 0.2) is 0 Å². The predicted molar refractivity (Wildman–Crippen MR) is 106 cm³/mol. The number of pyridine rings is 2. The third kappa shape index (κ3) is 4.39. The van der Waals surface area contributed by atoms with Crippen LogP contribution in [0.2, 0.25) is 0 Å². The van der Waals surface area contributed by atoms with Crippen molar-refractivity contribution in [3.63, 3.8) is 0 Å². The van der Waals surface area contributed by atoms with Gasteiger partial charge in [0, 0.05) is 24.8 Å². The molecule has 0 saturated carbocycles. The zero-order valence-electron chi connectivity index (χ0n) is 16.0. The van der Waals surface area contributed by atoms with E-state index in [1.165, 1.54) is 18.6 Å². The van der Waals surface area contributed by atoms with E-state index in [0.29, 0.717) is 22.8 Å². The average Bonchev–Trinajstić information content (AvgIpc) is 2.75. The van der Waals surface area contributed by atoms with Crippen LogP contribution in [0.5, 0.6) is 0 Å². The highest BCUT2D eigenvalue weighted by Crippen LogP contribution is 2.33. The second-order valence-corrected chi connectivity index (χ2v) is 6.40. The molecule has 2 aromatic heterocycles. The zero-order valence-corrected chi connectivity index (χ0v) is 16.0. The molecule has 4 heterocycles. The van der Waals surface area contributed by atoms with Gasteiger partial charge >= 0.3 is 11.9 Å². The number of hydrogen-bond donors (Lipinski definition) is 3. The number of ether oxygens (including phenoxy) is 1. The maximum absolute atomic E-state index is 11.5. The lowest BCUT2D eigenvalue weighted by molar-refractivity contribution is -0.148. The first-order valence-electron chi connectivity index (χ1n) is 9.17. The first kappa shape index (κ1) is 21.2. The molecule has 0 spiro atoms. The summed E-state index contributed by atoms with van der Waals surface area (Å²) in [4.78, 5) is 38.1. The van der Waals surface area contributed by atoms with Crippen LogP contribution in [0.1, 0.15) is 30.5 Å². The Hall–Kier alpha value is -3.50. The van der Waals surface area contributed by atoms with Crippen molar-refractivity contribution >= 4 is 35.7 Å². The second-order valence-electron chi connectivity index (χ2n) is 6.40. The first-order valence-corrected chi connectivity index (χ1v) is 9.17. The van der Waals surface area contributed by atoms with E-state index in [2.05, 4.69) is 20.0 Å². The molecule has 0 bridgehead atoms. The Morgan fingerprint density at radius 2 is 1.43 bits per heavy atom. The maximum Gasteiger partial charge on any atom is 0.317 e. The largest absolute Gasteiger partial charge is 0.481 e. The van der Waals surface area contributed by atoms with Crippen molar-refractivity contribution in [1.82, 2.24) is 9.97 Å². The molecule has 4 rings (SSSR count). The minimum absolute atomic E-state index is 0.283. The Kier molecular flexibility index (Phi) is 6.60. The number of aliphatic hydroxyl groups is 2. The van der Waals surface area contributed by atoms with Gasteiger partial charge in [-0.3, -0.25) is 29.5 Å². The van der Waals surface area contributed by atoms with Gasteiger partial charge in [0.1, 0.15) is 24.0 Å². The summed E-state index contributed by atoms with van der Waals surface area (Å²) in [5, 5.41) is 28.4. The molecular weight excluding hydrogens is 392 g/mol. The number of nitrogens with zero attached hydrogens (tertiary/aromatic N) is 4. The van der Waals surface area contributed by atoms with E-state index in [0.717, 1.165) is 0 Å². The number of carboxylic acid groups (broad SMARTS) is 1. The Morgan fingerprint density at radius 3 is 1.93 bits per heavy atom. The quantitative estimate of drug-likeness (QED) is 0.641. The smallest absolute Gasteiger partial charge is 0.317 e. The Morgan fingerprint density at radius 1 is 0.933 bits per heavy atom. The summed E-state index contributed by atoms with van der Waals surface area (Å²) in [5.41, 5.74) is 1.86. The number of carbonyl (C=O) groups excluding carboxylic acids is 1. The molecule has 10 nitrogen and oxygen atoms in total. The maximum atomic E-state index is 11.5. The predicted octanol–water partition coefficient (Wildman–Crippen LogP) is 1.54. The highest BCUT2D eigenvalue weighted by molar-refractivity contribution is 5.93. The highest BCUT2D eigenvalue weighted by atomic mass is 16.5. The lowest BCUT2D eigenvalue weighted by Crippen LogP contribution is -2.28. The SMILES string of the molecule is CCOC(=O)C1C=Nc2cccnc2C1O.O=C(O)C1C=Nc2cccnc2C1O. The van der Waals surface area contributed by atoms with Crippen molar-refractivity contribution in [2.45, 2.75) is 19.1 Å². The molecule has 0 amide bonds. The summed E-state index contributed by atoms with van der Waals surface area (Å²) in [7, 11) is 0. The molecule has 2 aromatic rings. The lowest BCUT2D eigenvalue weighted by atomic mass is 9.97. The van der Waals surface area contributed by atoms with Crippen molar-refractivity contribution < 1.29 is 29.6 Å². The Balaban J connectivity index is 0.000000172. The van der Waals surface area contributed by atoms with E-state index in [1.807, 2.05) is 0 Å². The van der Waals surface area contributed by atoms with Crippen LogP contribution in [0.15, 0.2) is 46.6 Å². The number of aliphatic imine (C=N–C) groups is 2. The third-order valence-corrected chi connectivity index (χ3v) is 4.47. The topological polar surface area (TPSA) is 155 Å². The molecule has 0 aliphatic carbocycles. The van der Waals surface area contributed by atoms with Crippen molar-refractivity contribution in [3.8, 4) is 0 Å². The Labute approximate surface area is 171 Å². The summed E-state index contributed by atoms with van der Waals surface area (Å²) in [6.07, 6.45) is 3.62. The molecule has 10 heteroatoms. The van der Waals surface area contributed by atoms with Gasteiger partial charge in [0.2, 0.25) is 0 Å². The monoisotopic (exact) mass is 412 g/mol. The highest BCUT2D eigenvalue weighted by Gasteiger charge is 2.33. The van der Waals surface area contributed by atoms with Crippen LogP contribution in [0.3, 0.4) is 0 Å². The lowest BCUT2D eigenvalue weighted by Gasteiger charge is -2.21. The minimum Gasteiger partial charge on any atom is -0.481 e. The second kappa shape index (κ2) is 9.33. The number of hydrogen-bond acceptors (Lipinski definition) is 9. The van der Waals surface area contributed by atoms with Crippen LogP contribution in [-0.2, 0) is 14.3 Å². The van der Waals surface area contributed by atoms with E-state index in [-0.39, 0.29) is 6.61 Å². The fourth-order valence-electron chi connectivity index (χ4n) is 2.94. The number of esters is 1. The number of fused-ring (bicyclic) bond motifs is 2. The normalized spacial score (nSPS) is 23.4. The summed E-state index contributed by atoms with van der Waals surface area (Å²) >= 11 is 0. The standard InChI is InChI=1S/C11H12N2O3.C9H8N2O3/c1-2-16-11(15)7-6-13-8-4-3-5-12-9(8)10(7)14;12-8-5(9(13)14)4-11-6-2-1-3-10-7(6)8/h3-7,10,14H,2H2,1H3;1-5,8,12H,(H,13,14). The molecule has 156 valence electrons. The van der Waals surface area contributed by atoms with Gasteiger partial charge in [-0.05, 0) is 31.2 Å². The molecule has 2 aliphatic rings. The zero-order chi connectivity index (χ0) is 21.7. The number of carboxylic acids is 1. The van der Waals surface area contributed by atoms with E-state index in [4.69, 9.17) is 9.84 Å². The van der Waals surface area contributed by atoms with Gasteiger partial charge in [0.05, 0.1) is 29.4 Å². The third-order valence-electron chi connectivity index (χ3n) is 4.47. The van der Waals surface area contributed by atoms with Crippen LogP contribution >= 0.6 is 0 Å². The molecule has 4 unspecified atom stereocenters. The molecule has 3 N–H and O–H groups in total. The van der Waals surface area contributed by atoms with Gasteiger partial charge in [-0.2, -0.15) is 0 Å². The van der Waals surface area contributed by atoms with Gasteiger partial charge in [-0.25, -0.2) is 0 Å². The van der Waals surface area contributed by atoms with Gasteiger partial charge in [-0.15, -0.1) is 0 Å². The number of aliphatic hydroxyl groups excluding tert-OH is 2. The summed E-state index contributed by atoms with van der Waals surface area (Å²) in [5.74, 6) is -3.34. The molecule has 4 atom stereocenters. The van der Waals surface area contributed by atoms with Gasteiger partial charge in [0.25, 0.3) is 0 Å². The van der Waals surface area contributed by atoms with E-state index in [9.17, 15) is 19.8 Å². The van der Waals surface area contributed by atoms with Crippen LogP contribution in [0, 0.1) is 11.8 Å². The van der Waals surface area contributed by atoms with Crippen LogP contribution in [-0.4, -0.2) is 56.3 Å². The number of rotatable bonds is 3. The average molecular weight is 412 g/mol. The molecule has 2 aliphatic heterocycles. The number of aromatic nitrogens is 2. The van der Waals surface area contributed by atoms with Crippen LogP contribution < -0.4 is 0 Å². The van der Waals surface area contributed by atoms with Crippen LogP contribution in [0.25, 0.3) is 0 Å². The van der Waals surface area contributed by atoms with Crippen LogP contribution in [0.4, 0.5) is 11.4 Å². The van der Waals surface area contributed by atoms with E-state index >= 15 is 0 Å². The van der Waals surface area contributed by atoms with Gasteiger partial charge in [-0.1, -0.05) is 0 Å². The van der Waals surface area contributed by atoms with E-state index in [1.54, 1.807) is 37.4 Å². The molecule has 0 aromatic carbocycles. The minimum atomic E-state index is -1.11. The fourth-order valence-corrected chi connectivity index (χ4v) is 2.94. The first-order chi connectivity index (χ1) is 14.4. The fraction of sp³-hybridized carbons (Fsp3) is 0.300. The molecule has 0 fully saturated rings. The molecule has 30 heavy (non-hydrogen) atoms. The van der Waals surface area contributed by atoms with Crippen molar-refractivity contribution in [3.05, 3.63) is 48.0 Å². The molecular formula is C20H20N4O6. The van der Waals surface area contributed by atoms with E-state index < -0.39 is 36.0 Å². The number of aliphatic carboxylic acids is 1. The molecule has 0 saturated heterocycles. The number of carbonyl (C=O) groups is 2. The van der Waals surface area contributed by atoms with Gasteiger partial charge < -0.3 is 20.1 Å². The summed E-state index contributed by atoms with van der Waals surface area (Å²) in [6.45, 7) is 2.00. The van der Waals surface area contributed by atoms with Crippen molar-refractivity contribution in [2.24, 2.45) is 21.8 Å². The summed E-state index contributed by atoms with van der Waals surface area (Å²) in [6, 6.07) is 6.83. The molecule has 0 radical (unpaired) electrons. The van der Waals surface area contributed by atoms with Crippen molar-refractivity contribution in [2.75, 3.05) is 6.61 Å². The van der Waals surface area contributed by atoms with Crippen molar-refractivity contribution in [1.29, 1.82) is 0 Å².